The molecule has 4 rings (SSSR count). The standard InChI is InChI=1S/C25H32N2O3/c1-18(2)25(19-8-4-3-5-9-19)26-24(28)17-27-13-6-10-21(27)20-11-12-22-23(16-20)30-15-7-14-29-22/h3-5,8-9,11-12,16,18,21,25H,6-7,10,13-15,17H2,1-2H3,(H,26,28)/t21-,25-/m0/s1. The number of hydrogen-bond acceptors (Lipinski definition) is 4. The molecule has 5 nitrogen and oxygen atoms in total. The Morgan fingerprint density at radius 1 is 1.07 bits per heavy atom. The maximum Gasteiger partial charge on any atom is 0.234 e. The van der Waals surface area contributed by atoms with Crippen LogP contribution in [0.1, 0.15) is 56.3 Å². The van der Waals surface area contributed by atoms with Crippen LogP contribution < -0.4 is 14.8 Å². The zero-order valence-electron chi connectivity index (χ0n) is 18.0. The fourth-order valence-electron chi connectivity index (χ4n) is 4.48. The van der Waals surface area contributed by atoms with Gasteiger partial charge in [0.15, 0.2) is 11.5 Å². The molecule has 2 heterocycles. The molecule has 2 aliphatic heterocycles. The minimum atomic E-state index is 0.0257. The average Bonchev–Trinajstić information content (AvgIpc) is 3.07. The second-order valence-electron chi connectivity index (χ2n) is 8.59. The minimum Gasteiger partial charge on any atom is -0.490 e. The van der Waals surface area contributed by atoms with E-state index in [-0.39, 0.29) is 18.0 Å². The van der Waals surface area contributed by atoms with Crippen molar-refractivity contribution in [1.82, 2.24) is 10.2 Å². The zero-order valence-corrected chi connectivity index (χ0v) is 18.0. The number of nitrogens with zero attached hydrogens (tertiary/aromatic N) is 1. The Balaban J connectivity index is 1.44. The van der Waals surface area contributed by atoms with Gasteiger partial charge < -0.3 is 14.8 Å². The van der Waals surface area contributed by atoms with E-state index in [1.54, 1.807) is 0 Å². The number of likely N-dealkylation sites (tertiary alicyclic amines) is 1. The summed E-state index contributed by atoms with van der Waals surface area (Å²) in [7, 11) is 0. The van der Waals surface area contributed by atoms with Crippen LogP contribution in [0.4, 0.5) is 0 Å². The third-order valence-corrected chi connectivity index (χ3v) is 6.01. The topological polar surface area (TPSA) is 50.8 Å². The van der Waals surface area contributed by atoms with Gasteiger partial charge in [0.25, 0.3) is 0 Å². The number of carbonyl (C=O) groups is 1. The molecule has 0 aromatic heterocycles. The SMILES string of the molecule is CC(C)[C@H](NC(=O)CN1CCC[C@H]1c1ccc2c(c1)OCCCO2)c1ccccc1. The zero-order chi connectivity index (χ0) is 20.9. The van der Waals surface area contributed by atoms with E-state index in [0.717, 1.165) is 42.9 Å². The fraction of sp³-hybridized carbons (Fsp3) is 0.480. The molecule has 0 bridgehead atoms. The molecule has 1 saturated heterocycles. The maximum atomic E-state index is 12.9. The van der Waals surface area contributed by atoms with Crippen molar-refractivity contribution in [3.05, 3.63) is 59.7 Å². The predicted molar refractivity (Wildman–Crippen MR) is 118 cm³/mol. The van der Waals surface area contributed by atoms with Crippen molar-refractivity contribution in [3.63, 3.8) is 0 Å². The van der Waals surface area contributed by atoms with Crippen LogP contribution in [0, 0.1) is 5.92 Å². The van der Waals surface area contributed by atoms with Gasteiger partial charge in [0.2, 0.25) is 5.91 Å². The van der Waals surface area contributed by atoms with Gasteiger partial charge in [-0.05, 0) is 48.6 Å². The Morgan fingerprint density at radius 2 is 1.83 bits per heavy atom. The summed E-state index contributed by atoms with van der Waals surface area (Å²) in [5.41, 5.74) is 2.36. The molecule has 160 valence electrons. The van der Waals surface area contributed by atoms with Crippen molar-refractivity contribution < 1.29 is 14.3 Å². The third kappa shape index (κ3) is 4.78. The Hall–Kier alpha value is -2.53. The van der Waals surface area contributed by atoms with Crippen molar-refractivity contribution in [1.29, 1.82) is 0 Å². The minimum absolute atomic E-state index is 0.0257. The van der Waals surface area contributed by atoms with Gasteiger partial charge in [-0.2, -0.15) is 0 Å². The highest BCUT2D eigenvalue weighted by Crippen LogP contribution is 2.37. The second kappa shape index (κ2) is 9.52. The molecule has 2 aliphatic rings. The quantitative estimate of drug-likeness (QED) is 0.765. The lowest BCUT2D eigenvalue weighted by atomic mass is 9.96. The van der Waals surface area contributed by atoms with Gasteiger partial charge in [-0.25, -0.2) is 0 Å². The molecule has 0 spiro atoms. The molecule has 5 heteroatoms. The number of ether oxygens (including phenoxy) is 2. The summed E-state index contributed by atoms with van der Waals surface area (Å²) in [6.45, 7) is 7.02. The highest BCUT2D eigenvalue weighted by Gasteiger charge is 2.29. The van der Waals surface area contributed by atoms with Crippen molar-refractivity contribution in [2.75, 3.05) is 26.3 Å². The number of fused-ring (bicyclic) bond motifs is 1. The largest absolute Gasteiger partial charge is 0.490 e. The molecule has 2 aromatic carbocycles. The van der Waals surface area contributed by atoms with Crippen LogP contribution in [0.15, 0.2) is 48.5 Å². The van der Waals surface area contributed by atoms with E-state index in [2.05, 4.69) is 48.3 Å². The Morgan fingerprint density at radius 3 is 2.60 bits per heavy atom. The summed E-state index contributed by atoms with van der Waals surface area (Å²) in [6.07, 6.45) is 3.05. The van der Waals surface area contributed by atoms with Crippen LogP contribution in [0.2, 0.25) is 0 Å². The first-order valence-electron chi connectivity index (χ1n) is 11.1. The van der Waals surface area contributed by atoms with Crippen molar-refractivity contribution in [3.8, 4) is 11.5 Å². The summed E-state index contributed by atoms with van der Waals surface area (Å²) in [4.78, 5) is 15.2. The fourth-order valence-corrected chi connectivity index (χ4v) is 4.48. The first-order valence-corrected chi connectivity index (χ1v) is 11.1. The van der Waals surface area contributed by atoms with E-state index in [1.165, 1.54) is 5.56 Å². The lowest BCUT2D eigenvalue weighted by Crippen LogP contribution is -2.40. The van der Waals surface area contributed by atoms with E-state index >= 15 is 0 Å². The van der Waals surface area contributed by atoms with E-state index in [0.29, 0.717) is 25.7 Å². The van der Waals surface area contributed by atoms with Gasteiger partial charge in [0, 0.05) is 12.5 Å². The molecule has 0 saturated carbocycles. The average molecular weight is 409 g/mol. The number of nitrogens with one attached hydrogen (secondary N) is 1. The van der Waals surface area contributed by atoms with Crippen molar-refractivity contribution in [2.45, 2.75) is 45.2 Å². The molecule has 0 unspecified atom stereocenters. The molecule has 1 N–H and O–H groups in total. The van der Waals surface area contributed by atoms with Gasteiger partial charge in [-0.3, -0.25) is 9.69 Å². The first-order chi connectivity index (χ1) is 14.6. The summed E-state index contributed by atoms with van der Waals surface area (Å²) in [5, 5.41) is 3.26. The summed E-state index contributed by atoms with van der Waals surface area (Å²) < 4.78 is 11.6. The van der Waals surface area contributed by atoms with Crippen LogP contribution in [-0.4, -0.2) is 37.1 Å². The van der Waals surface area contributed by atoms with E-state index in [4.69, 9.17) is 9.47 Å². The Bertz CT molecular complexity index is 853. The molecule has 1 amide bonds. The molecule has 30 heavy (non-hydrogen) atoms. The molecule has 1 fully saturated rings. The van der Waals surface area contributed by atoms with Gasteiger partial charge in [-0.15, -0.1) is 0 Å². The predicted octanol–water partition coefficient (Wildman–Crippen LogP) is 4.50. The number of hydrogen-bond donors (Lipinski definition) is 1. The van der Waals surface area contributed by atoms with Crippen LogP contribution in [0.3, 0.4) is 0 Å². The lowest BCUT2D eigenvalue weighted by molar-refractivity contribution is -0.123. The van der Waals surface area contributed by atoms with E-state index in [9.17, 15) is 4.79 Å². The van der Waals surface area contributed by atoms with Gasteiger partial charge in [0.1, 0.15) is 0 Å². The Labute approximate surface area is 179 Å². The number of carbonyl (C=O) groups excluding carboxylic acids is 1. The summed E-state index contributed by atoms with van der Waals surface area (Å²) >= 11 is 0. The molecule has 2 aromatic rings. The van der Waals surface area contributed by atoms with Crippen LogP contribution in [-0.2, 0) is 4.79 Å². The van der Waals surface area contributed by atoms with Gasteiger partial charge in [0.05, 0.1) is 25.8 Å². The number of rotatable bonds is 6. The van der Waals surface area contributed by atoms with Gasteiger partial charge in [-0.1, -0.05) is 50.2 Å². The van der Waals surface area contributed by atoms with Crippen molar-refractivity contribution >= 4 is 5.91 Å². The Kier molecular flexibility index (Phi) is 6.58. The van der Waals surface area contributed by atoms with Crippen LogP contribution >= 0.6 is 0 Å². The highest BCUT2D eigenvalue weighted by atomic mass is 16.5. The van der Waals surface area contributed by atoms with Crippen molar-refractivity contribution in [2.24, 2.45) is 5.92 Å². The monoisotopic (exact) mass is 408 g/mol. The third-order valence-electron chi connectivity index (χ3n) is 6.01. The molecule has 0 aliphatic carbocycles. The second-order valence-corrected chi connectivity index (χ2v) is 8.59. The van der Waals surface area contributed by atoms with Crippen LogP contribution in [0.25, 0.3) is 0 Å². The van der Waals surface area contributed by atoms with E-state index < -0.39 is 0 Å². The van der Waals surface area contributed by atoms with Gasteiger partial charge >= 0.3 is 0 Å². The molecule has 0 radical (unpaired) electrons. The molecule has 2 atom stereocenters. The highest BCUT2D eigenvalue weighted by molar-refractivity contribution is 5.78. The van der Waals surface area contributed by atoms with E-state index in [1.807, 2.05) is 24.3 Å². The number of amides is 1. The lowest BCUT2D eigenvalue weighted by Gasteiger charge is -2.27. The maximum absolute atomic E-state index is 12.9. The first kappa shape index (κ1) is 20.7. The summed E-state index contributed by atoms with van der Waals surface area (Å²) in [5.74, 6) is 2.05. The molecular weight excluding hydrogens is 376 g/mol. The molecular formula is C25H32N2O3. The summed E-state index contributed by atoms with van der Waals surface area (Å²) in [6, 6.07) is 16.7. The number of benzene rings is 2. The normalized spacial score (nSPS) is 20.0. The van der Waals surface area contributed by atoms with Crippen LogP contribution in [0.5, 0.6) is 11.5 Å². The smallest absolute Gasteiger partial charge is 0.234 e.